The minimum Gasteiger partial charge on any atom is -0.491 e. The highest BCUT2D eigenvalue weighted by atomic mass is 32.1. The third-order valence-electron chi connectivity index (χ3n) is 6.13. The second kappa shape index (κ2) is 11.6. The Kier molecular flexibility index (Phi) is 8.13. The number of rotatable bonds is 10. The lowest BCUT2D eigenvalue weighted by Crippen LogP contribution is -2.13. The molecule has 1 atom stereocenters. The maximum absolute atomic E-state index is 12.7. The van der Waals surface area contributed by atoms with Gasteiger partial charge < -0.3 is 9.30 Å². The molecule has 36 heavy (non-hydrogen) atoms. The van der Waals surface area contributed by atoms with Crippen molar-refractivity contribution in [1.29, 1.82) is 5.26 Å². The van der Waals surface area contributed by atoms with Gasteiger partial charge in [0.1, 0.15) is 29.0 Å². The first-order chi connectivity index (χ1) is 17.5. The molecule has 2 heterocycles. The summed E-state index contributed by atoms with van der Waals surface area (Å²) in [5.41, 5.74) is 3.03. The summed E-state index contributed by atoms with van der Waals surface area (Å²) in [5.74, 6) is 0.836. The third kappa shape index (κ3) is 5.64. The van der Waals surface area contributed by atoms with E-state index in [1.165, 1.54) is 16.9 Å². The molecule has 0 fully saturated rings. The number of ether oxygens (including phenoxy) is 1. The van der Waals surface area contributed by atoms with Gasteiger partial charge in [-0.3, -0.25) is 10.1 Å². The fourth-order valence-corrected chi connectivity index (χ4v) is 4.66. The number of para-hydroxylation sites is 2. The molecule has 0 radical (unpaired) electrons. The molecule has 0 saturated heterocycles. The van der Waals surface area contributed by atoms with E-state index in [9.17, 15) is 10.1 Å². The van der Waals surface area contributed by atoms with Crippen molar-refractivity contribution < 1.29 is 9.53 Å². The Hall–Kier alpha value is -3.96. The van der Waals surface area contributed by atoms with Crippen LogP contribution in [0.15, 0.2) is 60.3 Å². The minimum atomic E-state index is -0.502. The van der Waals surface area contributed by atoms with Crippen LogP contribution in [0.5, 0.6) is 5.75 Å². The van der Waals surface area contributed by atoms with Gasteiger partial charge in [0.05, 0.1) is 6.54 Å². The van der Waals surface area contributed by atoms with Crippen LogP contribution in [0.2, 0.25) is 0 Å². The van der Waals surface area contributed by atoms with Crippen LogP contribution in [-0.4, -0.2) is 27.3 Å². The molecule has 4 aromatic rings. The molecule has 0 aliphatic heterocycles. The number of nitrogens with one attached hydrogen (secondary N) is 1. The maximum Gasteiger partial charge on any atom is 0.268 e. The summed E-state index contributed by atoms with van der Waals surface area (Å²) in [4.78, 5) is 12.7. The predicted octanol–water partition coefficient (Wildman–Crippen LogP) is 6.19. The van der Waals surface area contributed by atoms with Crippen LogP contribution < -0.4 is 10.1 Å². The van der Waals surface area contributed by atoms with Crippen LogP contribution in [0.1, 0.15) is 49.2 Å². The number of fused-ring (bicyclic) bond motifs is 1. The van der Waals surface area contributed by atoms with Crippen molar-refractivity contribution in [3.8, 4) is 11.8 Å². The van der Waals surface area contributed by atoms with Gasteiger partial charge in [-0.05, 0) is 42.5 Å². The lowest BCUT2D eigenvalue weighted by molar-refractivity contribution is -0.112. The molecule has 2 aromatic carbocycles. The van der Waals surface area contributed by atoms with E-state index in [1.54, 1.807) is 6.08 Å². The van der Waals surface area contributed by atoms with Crippen molar-refractivity contribution in [1.82, 2.24) is 14.8 Å². The van der Waals surface area contributed by atoms with E-state index in [0.717, 1.165) is 40.1 Å². The Labute approximate surface area is 215 Å². The van der Waals surface area contributed by atoms with E-state index in [-0.39, 0.29) is 5.57 Å². The zero-order valence-electron chi connectivity index (χ0n) is 20.7. The number of amides is 1. The summed E-state index contributed by atoms with van der Waals surface area (Å²) >= 11 is 1.30. The number of benzene rings is 2. The van der Waals surface area contributed by atoms with Gasteiger partial charge in [-0.1, -0.05) is 68.5 Å². The van der Waals surface area contributed by atoms with Gasteiger partial charge in [-0.15, -0.1) is 10.2 Å². The lowest BCUT2D eigenvalue weighted by atomic mass is 9.98. The highest BCUT2D eigenvalue weighted by molar-refractivity contribution is 7.15. The number of anilines is 1. The van der Waals surface area contributed by atoms with Gasteiger partial charge >= 0.3 is 0 Å². The van der Waals surface area contributed by atoms with Crippen molar-refractivity contribution >= 4 is 39.4 Å². The topological polar surface area (TPSA) is 92.8 Å². The smallest absolute Gasteiger partial charge is 0.268 e. The maximum atomic E-state index is 12.7. The summed E-state index contributed by atoms with van der Waals surface area (Å²) in [5, 5.41) is 22.5. The second-order valence-corrected chi connectivity index (χ2v) is 9.53. The molecule has 8 heteroatoms. The standard InChI is InChI=1S/C28H29N5O2S/c1-4-19(3)22-10-7-9-13-25(22)35-15-14-33-18-21(23-11-6-8-12-24(23)33)16-20(17-29)27(34)30-28-32-31-26(5-2)36-28/h6-13,16,18-19H,4-5,14-15H2,1-3H3,(H,30,32,34)/b20-16-. The first kappa shape index (κ1) is 25.1. The van der Waals surface area contributed by atoms with Crippen LogP contribution in [-0.2, 0) is 17.8 Å². The monoisotopic (exact) mass is 499 g/mol. The largest absolute Gasteiger partial charge is 0.491 e. The average molecular weight is 500 g/mol. The molecule has 184 valence electrons. The molecule has 0 bridgehead atoms. The molecule has 0 aliphatic rings. The number of aryl methyl sites for hydroxylation is 1. The average Bonchev–Trinajstić information content (AvgIpc) is 3.51. The Morgan fingerprint density at radius 3 is 2.72 bits per heavy atom. The third-order valence-corrected chi connectivity index (χ3v) is 7.11. The summed E-state index contributed by atoms with van der Waals surface area (Å²) in [6.45, 7) is 7.48. The van der Waals surface area contributed by atoms with Gasteiger partial charge in [-0.2, -0.15) is 5.26 Å². The second-order valence-electron chi connectivity index (χ2n) is 8.47. The van der Waals surface area contributed by atoms with Gasteiger partial charge in [0, 0.05) is 22.7 Å². The molecular weight excluding hydrogens is 470 g/mol. The molecule has 4 rings (SSSR count). The van der Waals surface area contributed by atoms with Crippen molar-refractivity contribution in [3.05, 3.63) is 76.4 Å². The summed E-state index contributed by atoms with van der Waals surface area (Å²) in [6, 6.07) is 18.1. The van der Waals surface area contributed by atoms with Crippen LogP contribution in [0, 0.1) is 11.3 Å². The van der Waals surface area contributed by atoms with Gasteiger partial charge in [0.2, 0.25) is 5.13 Å². The minimum absolute atomic E-state index is 0.00452. The number of nitriles is 1. The van der Waals surface area contributed by atoms with Crippen molar-refractivity contribution in [3.63, 3.8) is 0 Å². The molecule has 1 unspecified atom stereocenters. The lowest BCUT2D eigenvalue weighted by Gasteiger charge is -2.16. The Morgan fingerprint density at radius 2 is 1.97 bits per heavy atom. The molecule has 7 nitrogen and oxygen atoms in total. The number of aromatic nitrogens is 3. The first-order valence-electron chi connectivity index (χ1n) is 12.1. The van der Waals surface area contributed by atoms with Crippen LogP contribution in [0.4, 0.5) is 5.13 Å². The van der Waals surface area contributed by atoms with E-state index in [4.69, 9.17) is 4.74 Å². The Bertz CT molecular complexity index is 1430. The number of hydrogen-bond donors (Lipinski definition) is 1. The zero-order chi connectivity index (χ0) is 25.5. The number of carbonyl (C=O) groups is 1. The fraction of sp³-hybridized carbons (Fsp3) is 0.286. The molecule has 0 aliphatic carbocycles. The highest BCUT2D eigenvalue weighted by Crippen LogP contribution is 2.29. The van der Waals surface area contributed by atoms with Gasteiger partial charge in [0.25, 0.3) is 5.91 Å². The normalized spacial score (nSPS) is 12.3. The van der Waals surface area contributed by atoms with Crippen molar-refractivity contribution in [2.24, 2.45) is 0 Å². The van der Waals surface area contributed by atoms with Crippen LogP contribution in [0.25, 0.3) is 17.0 Å². The molecule has 2 aromatic heterocycles. The quantitative estimate of drug-likeness (QED) is 0.207. The van der Waals surface area contributed by atoms with Crippen molar-refractivity contribution in [2.75, 3.05) is 11.9 Å². The summed E-state index contributed by atoms with van der Waals surface area (Å²) in [7, 11) is 0. The summed E-state index contributed by atoms with van der Waals surface area (Å²) in [6.07, 6.45) is 5.36. The molecule has 1 amide bonds. The van der Waals surface area contributed by atoms with Crippen LogP contribution in [0.3, 0.4) is 0 Å². The van der Waals surface area contributed by atoms with E-state index in [2.05, 4.69) is 40.0 Å². The zero-order valence-corrected chi connectivity index (χ0v) is 21.5. The summed E-state index contributed by atoms with van der Waals surface area (Å²) < 4.78 is 8.27. The molecule has 1 N–H and O–H groups in total. The molecule has 0 saturated carbocycles. The van der Waals surface area contributed by atoms with Gasteiger partial charge in [-0.25, -0.2) is 0 Å². The van der Waals surface area contributed by atoms with Gasteiger partial charge in [0.15, 0.2) is 0 Å². The number of hydrogen-bond acceptors (Lipinski definition) is 6. The van der Waals surface area contributed by atoms with E-state index in [1.807, 2.05) is 61.7 Å². The predicted molar refractivity (Wildman–Crippen MR) is 144 cm³/mol. The van der Waals surface area contributed by atoms with E-state index in [0.29, 0.717) is 24.2 Å². The number of carbonyl (C=O) groups excluding carboxylic acids is 1. The van der Waals surface area contributed by atoms with E-state index >= 15 is 0 Å². The molecule has 0 spiro atoms. The van der Waals surface area contributed by atoms with Crippen molar-refractivity contribution in [2.45, 2.75) is 46.1 Å². The molecular formula is C28H29N5O2S. The first-order valence-corrected chi connectivity index (χ1v) is 12.9. The van der Waals surface area contributed by atoms with Crippen LogP contribution >= 0.6 is 11.3 Å². The Balaban J connectivity index is 1.54. The highest BCUT2D eigenvalue weighted by Gasteiger charge is 2.15. The Morgan fingerprint density at radius 1 is 1.19 bits per heavy atom. The SMILES string of the molecule is CCc1nnc(NC(=O)/C(C#N)=C\c2cn(CCOc3ccccc3C(C)CC)c3ccccc23)s1. The fourth-order valence-electron chi connectivity index (χ4n) is 3.98. The number of nitrogens with zero attached hydrogens (tertiary/aromatic N) is 4. The van der Waals surface area contributed by atoms with E-state index < -0.39 is 5.91 Å².